The van der Waals surface area contributed by atoms with Crippen molar-refractivity contribution in [3.05, 3.63) is 41.2 Å². The molecule has 0 aliphatic heterocycles. The van der Waals surface area contributed by atoms with Crippen LogP contribution in [-0.2, 0) is 11.2 Å². The number of amides is 1. The summed E-state index contributed by atoms with van der Waals surface area (Å²) in [6, 6.07) is 7.21. The number of ether oxygens (including phenoxy) is 1. The van der Waals surface area contributed by atoms with Crippen molar-refractivity contribution in [2.24, 2.45) is 0 Å². The molecule has 8 heteroatoms. The van der Waals surface area contributed by atoms with Crippen molar-refractivity contribution < 1.29 is 9.53 Å². The van der Waals surface area contributed by atoms with Gasteiger partial charge in [0.15, 0.2) is 6.33 Å². The van der Waals surface area contributed by atoms with E-state index in [9.17, 15) is 4.79 Å². The topological polar surface area (TPSA) is 81.9 Å². The van der Waals surface area contributed by atoms with Gasteiger partial charge in [0.05, 0.1) is 0 Å². The van der Waals surface area contributed by atoms with Gasteiger partial charge in [-0.3, -0.25) is 0 Å². The van der Waals surface area contributed by atoms with Crippen LogP contribution in [0.15, 0.2) is 30.6 Å². The zero-order valence-corrected chi connectivity index (χ0v) is 11.6. The third-order valence-electron chi connectivity index (χ3n) is 2.66. The van der Waals surface area contributed by atoms with Gasteiger partial charge in [0.1, 0.15) is 12.6 Å². The number of tetrazole rings is 1. The van der Waals surface area contributed by atoms with Crippen LogP contribution in [0.3, 0.4) is 0 Å². The molecule has 2 rings (SSSR count). The van der Waals surface area contributed by atoms with Crippen LogP contribution in [0.25, 0.3) is 0 Å². The molecule has 7 nitrogen and oxygen atoms in total. The maximum atomic E-state index is 11.2. The third-order valence-corrected chi connectivity index (χ3v) is 2.90. The maximum absolute atomic E-state index is 11.2. The fourth-order valence-corrected chi connectivity index (χ4v) is 1.94. The number of carbonyl (C=O) groups excluding carboxylic acids is 1. The molecule has 2 aromatic rings. The second-order valence-corrected chi connectivity index (χ2v) is 4.53. The number of nitrogens with zero attached hydrogens (tertiary/aromatic N) is 4. The van der Waals surface area contributed by atoms with E-state index in [-0.39, 0.29) is 12.6 Å². The molecule has 1 heterocycles. The van der Waals surface area contributed by atoms with Gasteiger partial charge in [-0.25, -0.2) is 4.79 Å². The van der Waals surface area contributed by atoms with Gasteiger partial charge in [0, 0.05) is 18.5 Å². The molecule has 0 aliphatic rings. The molecule has 1 aromatic heterocycles. The molecule has 20 heavy (non-hydrogen) atoms. The largest absolute Gasteiger partial charge is 0.447 e. The van der Waals surface area contributed by atoms with E-state index in [0.717, 1.165) is 5.56 Å². The second kappa shape index (κ2) is 6.85. The second-order valence-electron chi connectivity index (χ2n) is 4.09. The molecular weight excluding hydrogens is 282 g/mol. The molecule has 1 unspecified atom stereocenters. The molecule has 0 bridgehead atoms. The van der Waals surface area contributed by atoms with Crippen LogP contribution in [0, 0.1) is 0 Å². The van der Waals surface area contributed by atoms with E-state index in [0.29, 0.717) is 11.4 Å². The number of alkyl carbamates (subject to hydrolysis) is 1. The van der Waals surface area contributed by atoms with Crippen molar-refractivity contribution in [1.82, 2.24) is 25.5 Å². The summed E-state index contributed by atoms with van der Waals surface area (Å²) in [5.74, 6) is 0. The number of hydrogen-bond donors (Lipinski definition) is 1. The van der Waals surface area contributed by atoms with Gasteiger partial charge in [-0.05, 0) is 22.9 Å². The van der Waals surface area contributed by atoms with Crippen LogP contribution >= 0.6 is 11.6 Å². The van der Waals surface area contributed by atoms with Gasteiger partial charge in [-0.15, -0.1) is 10.2 Å². The smallest absolute Gasteiger partial charge is 0.406 e. The van der Waals surface area contributed by atoms with Crippen LogP contribution in [0.4, 0.5) is 4.79 Å². The van der Waals surface area contributed by atoms with Crippen molar-refractivity contribution in [1.29, 1.82) is 0 Å². The van der Waals surface area contributed by atoms with Crippen LogP contribution < -0.4 is 5.32 Å². The van der Waals surface area contributed by atoms with Crippen molar-refractivity contribution in [2.45, 2.75) is 12.5 Å². The molecule has 1 atom stereocenters. The highest BCUT2D eigenvalue weighted by atomic mass is 35.5. The Hall–Kier alpha value is -2.15. The quantitative estimate of drug-likeness (QED) is 0.903. The lowest BCUT2D eigenvalue weighted by Gasteiger charge is -2.15. The fourth-order valence-electron chi connectivity index (χ4n) is 1.73. The summed E-state index contributed by atoms with van der Waals surface area (Å²) in [6.45, 7) is 0.141. The Morgan fingerprint density at radius 3 is 3.05 bits per heavy atom. The third kappa shape index (κ3) is 3.92. The number of benzene rings is 1. The lowest BCUT2D eigenvalue weighted by molar-refractivity contribution is 0.123. The summed E-state index contributed by atoms with van der Waals surface area (Å²) in [4.78, 5) is 12.6. The molecule has 106 valence electrons. The first-order chi connectivity index (χ1) is 9.69. The highest BCUT2D eigenvalue weighted by Crippen LogP contribution is 2.17. The fraction of sp³-hybridized carbons (Fsp3) is 0.333. The number of carbonyl (C=O) groups is 1. The standard InChI is InChI=1S/C12H14ClN5O2/c1-14-12(19)20-7-11(18-16-8-15-17-18)6-9-3-2-4-10(13)5-9/h2-5,8,11H,6-7H2,1H3,(H,14,19). The van der Waals surface area contributed by atoms with Gasteiger partial charge in [0.2, 0.25) is 0 Å². The summed E-state index contributed by atoms with van der Waals surface area (Å²) in [5, 5.41) is 14.6. The van der Waals surface area contributed by atoms with Gasteiger partial charge < -0.3 is 10.1 Å². The molecular formula is C12H14ClN5O2. The summed E-state index contributed by atoms with van der Waals surface area (Å²) >= 11 is 5.96. The first-order valence-electron chi connectivity index (χ1n) is 6.00. The van der Waals surface area contributed by atoms with E-state index in [2.05, 4.69) is 20.7 Å². The zero-order chi connectivity index (χ0) is 14.4. The Kier molecular flexibility index (Phi) is 4.89. The molecule has 0 spiro atoms. The van der Waals surface area contributed by atoms with Crippen molar-refractivity contribution in [3.63, 3.8) is 0 Å². The minimum atomic E-state index is -0.499. The lowest BCUT2D eigenvalue weighted by atomic mass is 10.1. The van der Waals surface area contributed by atoms with Crippen LogP contribution in [-0.4, -0.2) is 40.0 Å². The van der Waals surface area contributed by atoms with E-state index < -0.39 is 6.09 Å². The molecule has 1 amide bonds. The molecule has 0 aliphatic carbocycles. The van der Waals surface area contributed by atoms with E-state index in [1.54, 1.807) is 6.07 Å². The van der Waals surface area contributed by atoms with Crippen LogP contribution in [0.1, 0.15) is 11.6 Å². The number of aromatic nitrogens is 4. The minimum Gasteiger partial charge on any atom is -0.447 e. The average Bonchev–Trinajstić information content (AvgIpc) is 2.97. The predicted octanol–water partition coefficient (Wildman–Crippen LogP) is 1.47. The van der Waals surface area contributed by atoms with Crippen molar-refractivity contribution in [2.75, 3.05) is 13.7 Å². The maximum Gasteiger partial charge on any atom is 0.406 e. The van der Waals surface area contributed by atoms with Gasteiger partial charge >= 0.3 is 6.09 Å². The van der Waals surface area contributed by atoms with E-state index in [1.165, 1.54) is 18.2 Å². The predicted molar refractivity (Wildman–Crippen MR) is 72.4 cm³/mol. The summed E-state index contributed by atoms with van der Waals surface area (Å²) < 4.78 is 5.07. The molecule has 0 radical (unpaired) electrons. The van der Waals surface area contributed by atoms with Crippen molar-refractivity contribution >= 4 is 17.7 Å². The number of hydrogen-bond acceptors (Lipinski definition) is 5. The molecule has 0 fully saturated rings. The summed E-state index contributed by atoms with van der Waals surface area (Å²) in [5.41, 5.74) is 1.00. The minimum absolute atomic E-state index is 0.141. The van der Waals surface area contributed by atoms with E-state index in [1.807, 2.05) is 18.2 Å². The monoisotopic (exact) mass is 295 g/mol. The highest BCUT2D eigenvalue weighted by Gasteiger charge is 2.16. The van der Waals surface area contributed by atoms with Crippen LogP contribution in [0.2, 0.25) is 5.02 Å². The van der Waals surface area contributed by atoms with E-state index in [4.69, 9.17) is 16.3 Å². The van der Waals surface area contributed by atoms with E-state index >= 15 is 0 Å². The lowest BCUT2D eigenvalue weighted by Crippen LogP contribution is -2.26. The summed E-state index contributed by atoms with van der Waals surface area (Å²) in [7, 11) is 1.50. The average molecular weight is 296 g/mol. The number of rotatable bonds is 5. The Morgan fingerprint density at radius 2 is 2.40 bits per heavy atom. The Bertz CT molecular complexity index is 561. The van der Waals surface area contributed by atoms with Gasteiger partial charge in [-0.1, -0.05) is 23.7 Å². The Labute approximate surface area is 120 Å². The molecule has 0 saturated heterocycles. The molecule has 0 saturated carbocycles. The normalized spacial score (nSPS) is 11.9. The first-order valence-corrected chi connectivity index (χ1v) is 6.38. The number of halogens is 1. The van der Waals surface area contributed by atoms with Crippen molar-refractivity contribution in [3.8, 4) is 0 Å². The number of nitrogens with one attached hydrogen (secondary N) is 1. The zero-order valence-electron chi connectivity index (χ0n) is 10.9. The molecule has 1 aromatic carbocycles. The highest BCUT2D eigenvalue weighted by molar-refractivity contribution is 6.30. The van der Waals surface area contributed by atoms with Gasteiger partial charge in [0.25, 0.3) is 0 Å². The Morgan fingerprint density at radius 1 is 1.55 bits per heavy atom. The Balaban J connectivity index is 2.08. The molecule has 1 N–H and O–H groups in total. The van der Waals surface area contributed by atoms with Crippen LogP contribution in [0.5, 0.6) is 0 Å². The SMILES string of the molecule is CNC(=O)OCC(Cc1cccc(Cl)c1)n1ncnn1. The van der Waals surface area contributed by atoms with Gasteiger partial charge in [-0.2, -0.15) is 4.80 Å². The first kappa shape index (κ1) is 14.3. The summed E-state index contributed by atoms with van der Waals surface area (Å²) in [6.07, 6.45) is 1.42.